The van der Waals surface area contributed by atoms with Gasteiger partial charge in [0.15, 0.2) is 0 Å². The molecular weight excluding hydrogens is 176 g/mol. The molecule has 0 aliphatic carbocycles. The van der Waals surface area contributed by atoms with Gasteiger partial charge in [0.2, 0.25) is 0 Å². The molecule has 0 saturated carbocycles. The molecule has 0 aromatic heterocycles. The first kappa shape index (κ1) is 9.06. The summed E-state index contributed by atoms with van der Waals surface area (Å²) in [5, 5.41) is 0. The van der Waals surface area contributed by atoms with Gasteiger partial charge in [-0.1, -0.05) is 17.7 Å². The minimum Gasteiger partial charge on any atom is -0.383 e. The van der Waals surface area contributed by atoms with E-state index in [0.717, 1.165) is 11.8 Å². The molecule has 0 unspecified atom stereocenters. The van der Waals surface area contributed by atoms with E-state index in [0.29, 0.717) is 5.75 Å². The molecule has 4 heteroatoms. The summed E-state index contributed by atoms with van der Waals surface area (Å²) in [5.74, 6) is 0.350. The quantitative estimate of drug-likeness (QED) is 0.654. The second-order valence-corrected chi connectivity index (χ2v) is 4.18. The zero-order chi connectivity index (χ0) is 9.19. The summed E-state index contributed by atoms with van der Waals surface area (Å²) in [5.41, 5.74) is 1.07. The second kappa shape index (κ2) is 3.15. The van der Waals surface area contributed by atoms with Crippen LogP contribution in [0.1, 0.15) is 5.56 Å². The highest BCUT2D eigenvalue weighted by molar-refractivity contribution is 7.86. The van der Waals surface area contributed by atoms with Gasteiger partial charge >= 0.3 is 10.1 Å². The van der Waals surface area contributed by atoms with Crippen molar-refractivity contribution in [1.29, 1.82) is 0 Å². The van der Waals surface area contributed by atoms with Crippen LogP contribution in [0.15, 0.2) is 24.3 Å². The van der Waals surface area contributed by atoms with Crippen LogP contribution in [0, 0.1) is 6.92 Å². The highest BCUT2D eigenvalue weighted by Crippen LogP contribution is 2.12. The Labute approximate surface area is 72.1 Å². The Bertz CT molecular complexity index is 350. The Morgan fingerprint density at radius 1 is 1.17 bits per heavy atom. The second-order valence-electron chi connectivity index (χ2n) is 2.60. The average molecular weight is 186 g/mol. The third-order valence-corrected chi connectivity index (χ3v) is 1.76. The van der Waals surface area contributed by atoms with Crippen molar-refractivity contribution < 1.29 is 12.6 Å². The number of rotatable bonds is 2. The fourth-order valence-electron chi connectivity index (χ4n) is 0.769. The van der Waals surface area contributed by atoms with Crippen molar-refractivity contribution >= 4 is 10.1 Å². The third-order valence-electron chi connectivity index (χ3n) is 1.27. The minimum absolute atomic E-state index is 0.350. The van der Waals surface area contributed by atoms with Crippen molar-refractivity contribution in [2.24, 2.45) is 0 Å². The van der Waals surface area contributed by atoms with Crippen LogP contribution < -0.4 is 4.18 Å². The third kappa shape index (κ3) is 2.92. The van der Waals surface area contributed by atoms with E-state index < -0.39 is 10.1 Å². The molecule has 0 amide bonds. The molecule has 3 nitrogen and oxygen atoms in total. The van der Waals surface area contributed by atoms with Crippen molar-refractivity contribution in [3.8, 4) is 5.75 Å². The largest absolute Gasteiger partial charge is 0.383 e. The van der Waals surface area contributed by atoms with Gasteiger partial charge in [0, 0.05) is 0 Å². The molecule has 0 fully saturated rings. The van der Waals surface area contributed by atoms with Gasteiger partial charge in [-0.2, -0.15) is 8.42 Å². The summed E-state index contributed by atoms with van der Waals surface area (Å²) in [6.07, 6.45) is 1.02. The molecule has 66 valence electrons. The van der Waals surface area contributed by atoms with Crippen LogP contribution in [0.4, 0.5) is 0 Å². The first-order valence-corrected chi connectivity index (χ1v) is 5.25. The SMILES string of the molecule is Cc1ccc(OS(C)(=O)=O)cc1. The van der Waals surface area contributed by atoms with Crippen LogP contribution in [-0.4, -0.2) is 14.7 Å². The predicted octanol–water partition coefficient (Wildman–Crippen LogP) is 1.33. The first-order valence-electron chi connectivity index (χ1n) is 3.43. The Hall–Kier alpha value is -1.03. The Balaban J connectivity index is 2.85. The summed E-state index contributed by atoms with van der Waals surface area (Å²) in [4.78, 5) is 0. The molecule has 0 radical (unpaired) electrons. The first-order chi connectivity index (χ1) is 5.47. The molecular formula is C8H10O3S. The lowest BCUT2D eigenvalue weighted by Gasteiger charge is -2.01. The zero-order valence-corrected chi connectivity index (χ0v) is 7.76. The van der Waals surface area contributed by atoms with Crippen LogP contribution >= 0.6 is 0 Å². The van der Waals surface area contributed by atoms with Crippen LogP contribution in [0.25, 0.3) is 0 Å². The fourth-order valence-corrected chi connectivity index (χ4v) is 1.23. The molecule has 0 spiro atoms. The lowest BCUT2D eigenvalue weighted by Crippen LogP contribution is -2.05. The van der Waals surface area contributed by atoms with E-state index in [1.807, 2.05) is 6.92 Å². The number of benzene rings is 1. The summed E-state index contributed by atoms with van der Waals surface area (Å²) in [6, 6.07) is 6.83. The van der Waals surface area contributed by atoms with Gasteiger partial charge < -0.3 is 4.18 Å². The van der Waals surface area contributed by atoms with Gasteiger partial charge in [-0.05, 0) is 19.1 Å². The van der Waals surface area contributed by atoms with E-state index in [9.17, 15) is 8.42 Å². The zero-order valence-electron chi connectivity index (χ0n) is 6.94. The van der Waals surface area contributed by atoms with Crippen LogP contribution in [-0.2, 0) is 10.1 Å². The topological polar surface area (TPSA) is 43.4 Å². The maximum Gasteiger partial charge on any atom is 0.306 e. The average Bonchev–Trinajstić information content (AvgIpc) is 1.91. The van der Waals surface area contributed by atoms with Gasteiger partial charge in [-0.15, -0.1) is 0 Å². The maximum atomic E-state index is 10.7. The van der Waals surface area contributed by atoms with Gasteiger partial charge in [-0.25, -0.2) is 0 Å². The van der Waals surface area contributed by atoms with E-state index in [1.54, 1.807) is 24.3 Å². The summed E-state index contributed by atoms with van der Waals surface area (Å²) < 4.78 is 26.0. The van der Waals surface area contributed by atoms with Gasteiger partial charge in [-0.3, -0.25) is 0 Å². The van der Waals surface area contributed by atoms with Crippen LogP contribution in [0.2, 0.25) is 0 Å². The van der Waals surface area contributed by atoms with Gasteiger partial charge in [0.05, 0.1) is 6.26 Å². The molecule has 0 N–H and O–H groups in total. The molecule has 1 rings (SSSR count). The van der Waals surface area contributed by atoms with E-state index in [-0.39, 0.29) is 0 Å². The van der Waals surface area contributed by atoms with Crippen molar-refractivity contribution in [3.63, 3.8) is 0 Å². The van der Waals surface area contributed by atoms with E-state index >= 15 is 0 Å². The Morgan fingerprint density at radius 3 is 2.08 bits per heavy atom. The lowest BCUT2D eigenvalue weighted by atomic mass is 10.2. The highest BCUT2D eigenvalue weighted by Gasteiger charge is 2.02. The fraction of sp³-hybridized carbons (Fsp3) is 0.250. The molecule has 1 aromatic rings. The maximum absolute atomic E-state index is 10.7. The summed E-state index contributed by atoms with van der Waals surface area (Å²) >= 11 is 0. The molecule has 1 aromatic carbocycles. The van der Waals surface area contributed by atoms with Gasteiger partial charge in [0.1, 0.15) is 5.75 Å². The molecule has 0 aliphatic rings. The smallest absolute Gasteiger partial charge is 0.306 e. The van der Waals surface area contributed by atoms with E-state index in [4.69, 9.17) is 0 Å². The number of hydrogen-bond donors (Lipinski definition) is 0. The molecule has 12 heavy (non-hydrogen) atoms. The number of hydrogen-bond acceptors (Lipinski definition) is 3. The van der Waals surface area contributed by atoms with Crippen molar-refractivity contribution in [1.82, 2.24) is 0 Å². The van der Waals surface area contributed by atoms with Crippen molar-refractivity contribution in [2.45, 2.75) is 6.92 Å². The van der Waals surface area contributed by atoms with Gasteiger partial charge in [0.25, 0.3) is 0 Å². The standard InChI is InChI=1S/C8H10O3S/c1-7-3-5-8(6-4-7)11-12(2,9)10/h3-6H,1-2H3. The monoisotopic (exact) mass is 186 g/mol. The molecule has 0 bridgehead atoms. The van der Waals surface area contributed by atoms with E-state index in [1.165, 1.54) is 0 Å². The summed E-state index contributed by atoms with van der Waals surface area (Å²) in [6.45, 7) is 1.92. The molecule has 0 aliphatic heterocycles. The van der Waals surface area contributed by atoms with Crippen molar-refractivity contribution in [2.75, 3.05) is 6.26 Å². The molecule has 0 atom stereocenters. The van der Waals surface area contributed by atoms with Crippen molar-refractivity contribution in [3.05, 3.63) is 29.8 Å². The Morgan fingerprint density at radius 2 is 1.67 bits per heavy atom. The van der Waals surface area contributed by atoms with E-state index in [2.05, 4.69) is 4.18 Å². The highest BCUT2D eigenvalue weighted by atomic mass is 32.2. The molecule has 0 saturated heterocycles. The summed E-state index contributed by atoms with van der Waals surface area (Å²) in [7, 11) is -3.39. The minimum atomic E-state index is -3.39. The Kier molecular flexibility index (Phi) is 2.38. The number of aryl methyl sites for hydroxylation is 1. The lowest BCUT2D eigenvalue weighted by molar-refractivity contribution is 0.493. The van der Waals surface area contributed by atoms with Crippen LogP contribution in [0.3, 0.4) is 0 Å². The molecule has 0 heterocycles. The van der Waals surface area contributed by atoms with Crippen LogP contribution in [0.5, 0.6) is 5.75 Å². The predicted molar refractivity (Wildman–Crippen MR) is 46.7 cm³/mol. The normalized spacial score (nSPS) is 11.2.